The smallest absolute Gasteiger partial charge is 0.0621 e. The van der Waals surface area contributed by atoms with Gasteiger partial charge in [0, 0.05) is 27.4 Å². The van der Waals surface area contributed by atoms with E-state index in [1.807, 2.05) is 0 Å². The molecule has 0 fully saturated rings. The van der Waals surface area contributed by atoms with E-state index in [2.05, 4.69) is 43.4 Å². The van der Waals surface area contributed by atoms with Crippen LogP contribution in [0.2, 0.25) is 25.2 Å². The first-order valence-corrected chi connectivity index (χ1v) is 13.1. The predicted octanol–water partition coefficient (Wildman–Crippen LogP) is 2.20. The molecule has 0 bridgehead atoms. The molecular weight excluding hydrogens is 256 g/mol. The summed E-state index contributed by atoms with van der Waals surface area (Å²) in [5.41, 5.74) is 0. The van der Waals surface area contributed by atoms with Crippen molar-refractivity contribution in [2.24, 2.45) is 0 Å². The van der Waals surface area contributed by atoms with Crippen LogP contribution in [-0.2, 0) is 9.47 Å². The van der Waals surface area contributed by atoms with Gasteiger partial charge in [0.25, 0.3) is 0 Å². The molecule has 2 nitrogen and oxygen atoms in total. The molecule has 1 unspecified atom stereocenters. The Morgan fingerprint density at radius 1 is 1.00 bits per heavy atom. The number of hydrogen-bond donors (Lipinski definition) is 0. The van der Waals surface area contributed by atoms with Crippen LogP contribution in [0.4, 0.5) is 0 Å². The van der Waals surface area contributed by atoms with E-state index in [0.29, 0.717) is 0 Å². The van der Waals surface area contributed by atoms with Crippen molar-refractivity contribution in [3.05, 3.63) is 30.3 Å². The Bertz CT molecular complexity index is 322. The maximum absolute atomic E-state index is 5.32. The van der Waals surface area contributed by atoms with Crippen LogP contribution in [0.1, 0.15) is 0 Å². The van der Waals surface area contributed by atoms with Crippen LogP contribution in [0.5, 0.6) is 0 Å². The monoisotopic (exact) mass is 282 g/mol. The fraction of sp³-hybridized carbons (Fsp3) is 0.571. The molecule has 1 atom stereocenters. The minimum absolute atomic E-state index is 0.875. The average molecular weight is 283 g/mol. The number of ether oxygens (including phenoxy) is 2. The molecule has 0 aliphatic heterocycles. The van der Waals surface area contributed by atoms with E-state index < -0.39 is 15.9 Å². The summed E-state index contributed by atoms with van der Waals surface area (Å²) in [6.07, 6.45) is 0. The van der Waals surface area contributed by atoms with Crippen LogP contribution in [0, 0.1) is 0 Å². The van der Waals surface area contributed by atoms with Crippen molar-refractivity contribution in [1.29, 1.82) is 0 Å². The van der Waals surface area contributed by atoms with Crippen molar-refractivity contribution in [1.82, 2.24) is 0 Å². The quantitative estimate of drug-likeness (QED) is 0.681. The number of methoxy groups -OCH3 is 2. The first kappa shape index (κ1) is 15.6. The van der Waals surface area contributed by atoms with E-state index in [0.717, 1.165) is 13.2 Å². The number of rotatable bonds is 8. The summed E-state index contributed by atoms with van der Waals surface area (Å²) in [7, 11) is 1.49. The fourth-order valence-electron chi connectivity index (χ4n) is 2.37. The van der Waals surface area contributed by atoms with Crippen molar-refractivity contribution in [2.75, 3.05) is 27.4 Å². The van der Waals surface area contributed by atoms with Gasteiger partial charge in [-0.05, 0) is 12.1 Å². The average Bonchev–Trinajstić information content (AvgIpc) is 2.43. The molecule has 0 aromatic heterocycles. The highest BCUT2D eigenvalue weighted by molar-refractivity contribution is 7.37. The van der Waals surface area contributed by atoms with Crippen molar-refractivity contribution in [2.45, 2.75) is 25.2 Å². The van der Waals surface area contributed by atoms with Gasteiger partial charge >= 0.3 is 0 Å². The minimum Gasteiger partial charge on any atom is -0.385 e. The van der Waals surface area contributed by atoms with E-state index in [1.54, 1.807) is 19.4 Å². The zero-order chi connectivity index (χ0) is 13.4. The number of hydrogen-bond acceptors (Lipinski definition) is 2. The summed E-state index contributed by atoms with van der Waals surface area (Å²) < 4.78 is 10.6. The fourth-order valence-corrected chi connectivity index (χ4v) is 12.7. The van der Waals surface area contributed by atoms with Crippen molar-refractivity contribution < 1.29 is 9.47 Å². The molecule has 4 heteroatoms. The molecule has 0 aliphatic carbocycles. The largest absolute Gasteiger partial charge is 0.385 e. The SMILES string of the molecule is COCC[Si](C)(CCOC)[SiH](C)c1ccccc1. The molecule has 1 rings (SSSR count). The van der Waals surface area contributed by atoms with Gasteiger partial charge in [0.05, 0.1) is 15.9 Å². The molecule has 0 saturated heterocycles. The van der Waals surface area contributed by atoms with Gasteiger partial charge in [0.1, 0.15) is 0 Å². The van der Waals surface area contributed by atoms with Crippen LogP contribution in [0.3, 0.4) is 0 Å². The van der Waals surface area contributed by atoms with Crippen LogP contribution in [0.25, 0.3) is 0 Å². The van der Waals surface area contributed by atoms with Gasteiger partial charge in [-0.25, -0.2) is 0 Å². The van der Waals surface area contributed by atoms with E-state index in [4.69, 9.17) is 9.47 Å². The second-order valence-corrected chi connectivity index (χ2v) is 18.5. The molecule has 18 heavy (non-hydrogen) atoms. The van der Waals surface area contributed by atoms with Crippen LogP contribution in [-0.4, -0.2) is 43.3 Å². The van der Waals surface area contributed by atoms with Gasteiger partial charge in [-0.1, -0.05) is 48.6 Å². The Hall–Kier alpha value is -0.426. The van der Waals surface area contributed by atoms with Gasteiger partial charge in [-0.15, -0.1) is 0 Å². The zero-order valence-electron chi connectivity index (χ0n) is 12.1. The molecule has 1 aromatic carbocycles. The normalized spacial score (nSPS) is 13.6. The summed E-state index contributed by atoms with van der Waals surface area (Å²) in [4.78, 5) is 0. The Morgan fingerprint density at radius 2 is 1.50 bits per heavy atom. The second-order valence-electron chi connectivity index (χ2n) is 5.27. The molecule has 0 radical (unpaired) electrons. The van der Waals surface area contributed by atoms with Crippen molar-refractivity contribution >= 4 is 21.1 Å². The van der Waals surface area contributed by atoms with Crippen LogP contribution in [0.15, 0.2) is 30.3 Å². The lowest BCUT2D eigenvalue weighted by Crippen LogP contribution is -2.54. The zero-order valence-corrected chi connectivity index (χ0v) is 14.3. The summed E-state index contributed by atoms with van der Waals surface area (Å²) in [6, 6.07) is 13.6. The topological polar surface area (TPSA) is 18.5 Å². The lowest BCUT2D eigenvalue weighted by atomic mass is 10.4. The van der Waals surface area contributed by atoms with Gasteiger partial charge in [-0.3, -0.25) is 0 Å². The Kier molecular flexibility index (Phi) is 6.85. The third-order valence-corrected chi connectivity index (χ3v) is 19.3. The van der Waals surface area contributed by atoms with Crippen molar-refractivity contribution in [3.8, 4) is 0 Å². The summed E-state index contributed by atoms with van der Waals surface area (Å²) >= 11 is 0. The predicted molar refractivity (Wildman–Crippen MR) is 84.1 cm³/mol. The van der Waals surface area contributed by atoms with Crippen molar-refractivity contribution in [3.63, 3.8) is 0 Å². The van der Waals surface area contributed by atoms with Crippen LogP contribution < -0.4 is 5.19 Å². The van der Waals surface area contributed by atoms with E-state index >= 15 is 0 Å². The molecule has 0 heterocycles. The summed E-state index contributed by atoms with van der Waals surface area (Å²) in [5.74, 6) is 0. The highest BCUT2D eigenvalue weighted by Gasteiger charge is 2.34. The van der Waals surface area contributed by atoms with E-state index in [1.165, 1.54) is 12.1 Å². The highest BCUT2D eigenvalue weighted by atomic mass is 29.2. The summed E-state index contributed by atoms with van der Waals surface area (Å²) in [5, 5.41) is 1.60. The molecule has 0 saturated carbocycles. The lowest BCUT2D eigenvalue weighted by Gasteiger charge is -2.33. The maximum Gasteiger partial charge on any atom is 0.0621 e. The Labute approximate surface area is 114 Å². The molecule has 0 amide bonds. The van der Waals surface area contributed by atoms with Gasteiger partial charge in [0.15, 0.2) is 0 Å². The number of benzene rings is 1. The first-order valence-electron chi connectivity index (χ1n) is 6.67. The molecule has 0 N–H and O–H groups in total. The summed E-state index contributed by atoms with van der Waals surface area (Å²) in [6.45, 7) is 6.84. The Morgan fingerprint density at radius 3 is 1.94 bits per heavy atom. The van der Waals surface area contributed by atoms with E-state index in [-0.39, 0.29) is 0 Å². The third-order valence-electron chi connectivity index (χ3n) is 4.10. The lowest BCUT2D eigenvalue weighted by molar-refractivity contribution is 0.208. The van der Waals surface area contributed by atoms with Gasteiger partial charge in [-0.2, -0.15) is 0 Å². The molecule has 0 aliphatic rings. The van der Waals surface area contributed by atoms with Crippen LogP contribution >= 0.6 is 0 Å². The Balaban J connectivity index is 2.80. The second kappa shape index (κ2) is 7.89. The molecule has 102 valence electrons. The maximum atomic E-state index is 5.32. The standard InChI is InChI=1S/C14H26O2Si2/c1-15-10-12-18(4,13-11-16-2)17(3)14-8-6-5-7-9-14/h5-9,17H,10-13H2,1-4H3. The third kappa shape index (κ3) is 4.35. The molecular formula is C14H26O2Si2. The highest BCUT2D eigenvalue weighted by Crippen LogP contribution is 2.19. The van der Waals surface area contributed by atoms with Gasteiger partial charge < -0.3 is 9.47 Å². The minimum atomic E-state index is -1.25. The first-order chi connectivity index (χ1) is 8.64. The van der Waals surface area contributed by atoms with E-state index in [9.17, 15) is 0 Å². The van der Waals surface area contributed by atoms with Gasteiger partial charge in [0.2, 0.25) is 0 Å². The molecule has 1 aromatic rings. The molecule has 0 spiro atoms.